The van der Waals surface area contributed by atoms with Crippen LogP contribution in [-0.2, 0) is 10.3 Å². The van der Waals surface area contributed by atoms with Gasteiger partial charge in [-0.2, -0.15) is 0 Å². The van der Waals surface area contributed by atoms with E-state index in [1.54, 1.807) is 6.08 Å². The zero-order chi connectivity index (χ0) is 19.9. The normalized spacial score (nSPS) is 17.0. The minimum absolute atomic E-state index is 0. The fourth-order valence-electron chi connectivity index (χ4n) is 4.33. The van der Waals surface area contributed by atoms with Crippen LogP contribution in [0.5, 0.6) is 0 Å². The van der Waals surface area contributed by atoms with Crippen molar-refractivity contribution in [3.8, 4) is 0 Å². The minimum Gasteiger partial charge on any atom is -0.515 e. The van der Waals surface area contributed by atoms with E-state index in [1.807, 2.05) is 18.2 Å². The molecule has 146 valence electrons. The number of benzene rings is 3. The van der Waals surface area contributed by atoms with Crippen molar-refractivity contribution in [1.82, 2.24) is 0 Å². The molecule has 1 aliphatic rings. The van der Waals surface area contributed by atoms with Crippen LogP contribution in [0.4, 0.5) is 0 Å². The molecule has 4 rings (SSSR count). The maximum atomic E-state index is 7.07. The average Bonchev–Trinajstić information content (AvgIpc) is 2.82. The first-order valence-electron chi connectivity index (χ1n) is 10.4. The Kier molecular flexibility index (Phi) is 7.94. The number of rotatable bonds is 7. The van der Waals surface area contributed by atoms with E-state index in [2.05, 4.69) is 84.9 Å². The third-order valence-corrected chi connectivity index (χ3v) is 5.82. The summed E-state index contributed by atoms with van der Waals surface area (Å²) in [7, 11) is 0. The Bertz CT molecular complexity index is 837. The summed E-state index contributed by atoms with van der Waals surface area (Å²) in [6.07, 6.45) is 9.25. The second kappa shape index (κ2) is 10.6. The first-order chi connectivity index (χ1) is 14.3. The van der Waals surface area contributed by atoms with Crippen molar-refractivity contribution in [1.29, 1.82) is 0 Å². The van der Waals surface area contributed by atoms with Crippen molar-refractivity contribution in [2.75, 3.05) is 0 Å². The Morgan fingerprint density at radius 2 is 1.23 bits per heavy atom. The summed E-state index contributed by atoms with van der Waals surface area (Å²) in [6, 6.07) is 31.5. The van der Waals surface area contributed by atoms with Gasteiger partial charge in [0.1, 0.15) is 5.60 Å². The average molecular weight is 386 g/mol. The van der Waals surface area contributed by atoms with Crippen LogP contribution in [0.2, 0.25) is 0 Å². The fraction of sp³-hybridized carbons (Fsp3) is 0.214. The van der Waals surface area contributed by atoms with E-state index in [1.165, 1.54) is 0 Å². The molecule has 0 heterocycles. The Hall–Kier alpha value is -2.30. The second-order valence-corrected chi connectivity index (χ2v) is 7.60. The van der Waals surface area contributed by atoms with Crippen LogP contribution in [0, 0.1) is 12.5 Å². The van der Waals surface area contributed by atoms with Gasteiger partial charge in [-0.3, -0.25) is 0 Å². The van der Waals surface area contributed by atoms with Gasteiger partial charge in [0.2, 0.25) is 0 Å². The van der Waals surface area contributed by atoms with E-state index in [4.69, 9.17) is 11.3 Å². The number of ether oxygens (including phenoxy) is 1. The summed E-state index contributed by atoms with van der Waals surface area (Å²) in [4.78, 5) is 0. The molecule has 0 saturated carbocycles. The van der Waals surface area contributed by atoms with E-state index >= 15 is 0 Å². The maximum absolute atomic E-state index is 7.07. The molecular formula is C28H27LiO. The molecule has 0 aliphatic heterocycles. The number of hydrogen-bond acceptors (Lipinski definition) is 1. The Labute approximate surface area is 192 Å². The van der Waals surface area contributed by atoms with Crippen LogP contribution in [0.15, 0.2) is 109 Å². The zero-order valence-corrected chi connectivity index (χ0v) is 17.7. The molecule has 2 atom stereocenters. The number of hydrogen-bond donors (Lipinski definition) is 0. The summed E-state index contributed by atoms with van der Waals surface area (Å²) in [5.74, 6) is 0.375. The molecule has 0 aromatic heterocycles. The molecule has 0 bridgehead atoms. The van der Waals surface area contributed by atoms with Crippen molar-refractivity contribution < 1.29 is 23.6 Å². The fourth-order valence-corrected chi connectivity index (χ4v) is 4.33. The van der Waals surface area contributed by atoms with Gasteiger partial charge in [0.25, 0.3) is 0 Å². The molecule has 0 N–H and O–H groups in total. The summed E-state index contributed by atoms with van der Waals surface area (Å²) in [6.45, 7) is 6.17. The summed E-state index contributed by atoms with van der Waals surface area (Å²) in [5.41, 5.74) is 2.59. The zero-order valence-electron chi connectivity index (χ0n) is 17.7. The Balaban J connectivity index is 0.00000256. The van der Waals surface area contributed by atoms with Gasteiger partial charge in [0, 0.05) is 6.10 Å². The van der Waals surface area contributed by atoms with E-state index < -0.39 is 5.60 Å². The second-order valence-electron chi connectivity index (χ2n) is 7.60. The molecule has 1 nitrogen and oxygen atoms in total. The van der Waals surface area contributed by atoms with Crippen LogP contribution in [0.3, 0.4) is 0 Å². The molecule has 1 aliphatic carbocycles. The molecule has 0 spiro atoms. The quantitative estimate of drug-likeness (QED) is 0.260. The Morgan fingerprint density at radius 1 is 0.767 bits per heavy atom. The molecular weight excluding hydrogens is 359 g/mol. The van der Waals surface area contributed by atoms with Gasteiger partial charge in [-0.15, -0.1) is 0 Å². The van der Waals surface area contributed by atoms with Crippen molar-refractivity contribution in [3.63, 3.8) is 0 Å². The van der Waals surface area contributed by atoms with Gasteiger partial charge >= 0.3 is 18.9 Å². The first-order valence-corrected chi connectivity index (χ1v) is 10.4. The van der Waals surface area contributed by atoms with Gasteiger partial charge in [-0.05, 0) is 41.9 Å². The van der Waals surface area contributed by atoms with E-state index in [0.29, 0.717) is 5.92 Å². The topological polar surface area (TPSA) is 9.23 Å². The maximum Gasteiger partial charge on any atom is 1.00 e. The van der Waals surface area contributed by atoms with E-state index in [0.717, 1.165) is 36.0 Å². The standard InChI is InChI=1S/C28H27O.Li/c1-2-27(23-15-7-3-8-16-23)29-28(24-17-9-4-10-18-24,25-19-11-5-12-20-25)26-21-13-6-14-22-26;/h1-7,9-14,17-23,27H,8,15-16H2;/q-1;+1. The minimum atomic E-state index is -0.731. The third kappa shape index (κ3) is 4.55. The third-order valence-electron chi connectivity index (χ3n) is 5.82. The van der Waals surface area contributed by atoms with Crippen molar-refractivity contribution in [3.05, 3.63) is 132 Å². The van der Waals surface area contributed by atoms with Crippen LogP contribution >= 0.6 is 0 Å². The Morgan fingerprint density at radius 3 is 1.60 bits per heavy atom. The molecule has 0 amide bonds. The van der Waals surface area contributed by atoms with Crippen molar-refractivity contribution in [2.45, 2.75) is 31.0 Å². The van der Waals surface area contributed by atoms with Crippen LogP contribution in [0.25, 0.3) is 0 Å². The van der Waals surface area contributed by atoms with Gasteiger partial charge < -0.3 is 11.3 Å². The molecule has 0 saturated heterocycles. The van der Waals surface area contributed by atoms with Gasteiger partial charge in [-0.1, -0.05) is 103 Å². The molecule has 30 heavy (non-hydrogen) atoms. The largest absolute Gasteiger partial charge is 1.00 e. The number of allylic oxidation sites excluding steroid dienone is 2. The van der Waals surface area contributed by atoms with E-state index in [-0.39, 0.29) is 25.0 Å². The van der Waals surface area contributed by atoms with Gasteiger partial charge in [-0.25, -0.2) is 6.08 Å². The smallest absolute Gasteiger partial charge is 0.515 e. The van der Waals surface area contributed by atoms with Gasteiger partial charge in [0.05, 0.1) is 0 Å². The first kappa shape index (κ1) is 22.4. The van der Waals surface area contributed by atoms with Crippen LogP contribution < -0.4 is 18.9 Å². The predicted octanol–water partition coefficient (Wildman–Crippen LogP) is 3.71. The van der Waals surface area contributed by atoms with Crippen LogP contribution in [0.1, 0.15) is 36.0 Å². The molecule has 0 fully saturated rings. The molecule has 0 radical (unpaired) electrons. The molecule has 3 aromatic rings. The van der Waals surface area contributed by atoms with E-state index in [9.17, 15) is 0 Å². The molecule has 2 unspecified atom stereocenters. The van der Waals surface area contributed by atoms with Gasteiger partial charge in [0.15, 0.2) is 0 Å². The summed E-state index contributed by atoms with van der Waals surface area (Å²) < 4.78 is 7.07. The van der Waals surface area contributed by atoms with Crippen molar-refractivity contribution >= 4 is 0 Å². The van der Waals surface area contributed by atoms with Crippen molar-refractivity contribution in [2.24, 2.45) is 5.92 Å². The predicted molar refractivity (Wildman–Crippen MR) is 119 cm³/mol. The molecule has 3 aromatic carbocycles. The summed E-state index contributed by atoms with van der Waals surface area (Å²) >= 11 is 0. The SMILES string of the molecule is [CH-]=CC(OC(c1ccccc1)(c1ccccc1)c1ccccc1)C1CC=CCC1.[Li+]. The molecule has 2 heteroatoms. The van der Waals surface area contributed by atoms with Crippen LogP contribution in [-0.4, -0.2) is 6.10 Å². The summed E-state index contributed by atoms with van der Waals surface area (Å²) in [5, 5.41) is 0. The monoisotopic (exact) mass is 386 g/mol.